The number of fused-ring (bicyclic) bond motifs is 1. The van der Waals surface area contributed by atoms with E-state index in [1.165, 1.54) is 31.4 Å². The van der Waals surface area contributed by atoms with E-state index in [0.717, 1.165) is 10.1 Å². The molecule has 0 spiro atoms. The highest BCUT2D eigenvalue weighted by molar-refractivity contribution is 7.20. The normalized spacial score (nSPS) is 12.3. The van der Waals surface area contributed by atoms with Gasteiger partial charge >= 0.3 is 5.97 Å². The Bertz CT molecular complexity index is 673. The summed E-state index contributed by atoms with van der Waals surface area (Å²) in [5.41, 5.74) is 0. The number of benzene rings is 1. The Labute approximate surface area is 119 Å². The first kappa shape index (κ1) is 14.3. The van der Waals surface area contributed by atoms with Gasteiger partial charge in [0.05, 0.1) is 17.9 Å². The number of methoxy groups -OCH3 is 1. The lowest BCUT2D eigenvalue weighted by Gasteiger charge is -2.02. The summed E-state index contributed by atoms with van der Waals surface area (Å²) in [6, 6.07) is 4.88. The predicted molar refractivity (Wildman–Crippen MR) is 75.8 cm³/mol. The van der Waals surface area contributed by atoms with Crippen molar-refractivity contribution in [2.24, 2.45) is 5.92 Å². The highest BCUT2D eigenvalue weighted by atomic mass is 32.1. The fourth-order valence-electron chi connectivity index (χ4n) is 1.82. The first-order valence-electron chi connectivity index (χ1n) is 5.99. The number of carbonyl (C=O) groups excluding carboxylic acids is 1. The molecule has 0 aliphatic heterocycles. The van der Waals surface area contributed by atoms with Gasteiger partial charge in [-0.15, -0.1) is 11.3 Å². The minimum Gasteiger partial charge on any atom is -0.504 e. The topological polar surface area (TPSA) is 83.8 Å². The minimum atomic E-state index is -0.987. The molecule has 2 N–H and O–H groups in total. The summed E-state index contributed by atoms with van der Waals surface area (Å²) in [6.07, 6.45) is -0.0364. The van der Waals surface area contributed by atoms with Crippen LogP contribution in [0, 0.1) is 5.92 Å². The second-order valence-corrected chi connectivity index (χ2v) is 5.62. The van der Waals surface area contributed by atoms with Crippen LogP contribution in [0.15, 0.2) is 18.2 Å². The summed E-state index contributed by atoms with van der Waals surface area (Å²) >= 11 is 1.23. The molecule has 2 rings (SSSR count). The van der Waals surface area contributed by atoms with Crippen LogP contribution in [0.4, 0.5) is 0 Å². The number of aromatic hydroxyl groups is 1. The monoisotopic (exact) mass is 294 g/mol. The van der Waals surface area contributed by atoms with Gasteiger partial charge < -0.3 is 14.9 Å². The molecular formula is C14H14O5S. The zero-order chi connectivity index (χ0) is 14.9. The number of phenols is 1. The average Bonchev–Trinajstić information content (AvgIpc) is 2.80. The number of aliphatic carboxylic acids is 1. The maximum absolute atomic E-state index is 12.0. The van der Waals surface area contributed by atoms with E-state index >= 15 is 0 Å². The van der Waals surface area contributed by atoms with Gasteiger partial charge in [0, 0.05) is 17.2 Å². The van der Waals surface area contributed by atoms with Crippen molar-refractivity contribution >= 4 is 33.2 Å². The second kappa shape index (κ2) is 5.50. The highest BCUT2D eigenvalue weighted by Crippen LogP contribution is 2.36. The maximum Gasteiger partial charge on any atom is 0.306 e. The summed E-state index contributed by atoms with van der Waals surface area (Å²) in [5, 5.41) is 19.3. The van der Waals surface area contributed by atoms with E-state index in [9.17, 15) is 14.7 Å². The van der Waals surface area contributed by atoms with Crippen molar-refractivity contribution in [3.8, 4) is 11.5 Å². The van der Waals surface area contributed by atoms with Crippen LogP contribution in [0.5, 0.6) is 11.5 Å². The molecule has 0 aliphatic carbocycles. The fraction of sp³-hybridized carbons (Fsp3) is 0.286. The SMILES string of the molecule is COc1cc2cc(C(=O)CC(C)C(=O)O)sc2cc1O. The molecule has 0 bridgehead atoms. The van der Waals surface area contributed by atoms with Crippen LogP contribution in [-0.4, -0.2) is 29.1 Å². The van der Waals surface area contributed by atoms with Gasteiger partial charge in [-0.1, -0.05) is 6.92 Å². The van der Waals surface area contributed by atoms with Crippen molar-refractivity contribution in [2.45, 2.75) is 13.3 Å². The van der Waals surface area contributed by atoms with Crippen molar-refractivity contribution < 1.29 is 24.5 Å². The average molecular weight is 294 g/mol. The van der Waals surface area contributed by atoms with Crippen LogP contribution >= 0.6 is 11.3 Å². The zero-order valence-corrected chi connectivity index (χ0v) is 11.9. The van der Waals surface area contributed by atoms with E-state index in [1.807, 2.05) is 0 Å². The molecule has 106 valence electrons. The van der Waals surface area contributed by atoms with Gasteiger partial charge in [-0.25, -0.2) is 0 Å². The first-order valence-corrected chi connectivity index (χ1v) is 6.80. The summed E-state index contributed by atoms with van der Waals surface area (Å²) in [6.45, 7) is 1.50. The third-order valence-electron chi connectivity index (χ3n) is 3.01. The number of carboxylic acids is 1. The molecule has 1 unspecified atom stereocenters. The molecule has 6 heteroatoms. The molecule has 1 atom stereocenters. The highest BCUT2D eigenvalue weighted by Gasteiger charge is 2.19. The van der Waals surface area contributed by atoms with Crippen molar-refractivity contribution in [2.75, 3.05) is 7.11 Å². The lowest BCUT2D eigenvalue weighted by molar-refractivity contribution is -0.141. The maximum atomic E-state index is 12.0. The molecule has 5 nitrogen and oxygen atoms in total. The Morgan fingerprint density at radius 3 is 2.65 bits per heavy atom. The smallest absolute Gasteiger partial charge is 0.306 e. The van der Waals surface area contributed by atoms with E-state index in [1.54, 1.807) is 12.1 Å². The number of hydrogen-bond donors (Lipinski definition) is 2. The molecule has 1 aromatic carbocycles. The first-order chi connectivity index (χ1) is 9.42. The molecule has 0 amide bonds. The van der Waals surface area contributed by atoms with E-state index < -0.39 is 11.9 Å². The number of Topliss-reactive ketones (excluding diaryl/α,β-unsaturated/α-hetero) is 1. The number of hydrogen-bond acceptors (Lipinski definition) is 5. The van der Waals surface area contributed by atoms with Gasteiger partial charge in [0.25, 0.3) is 0 Å². The van der Waals surface area contributed by atoms with Crippen LogP contribution in [0.1, 0.15) is 23.0 Å². The van der Waals surface area contributed by atoms with Gasteiger partial charge in [-0.2, -0.15) is 0 Å². The molecule has 0 radical (unpaired) electrons. The van der Waals surface area contributed by atoms with Crippen LogP contribution in [0.2, 0.25) is 0 Å². The third kappa shape index (κ3) is 2.75. The second-order valence-electron chi connectivity index (χ2n) is 4.54. The Morgan fingerprint density at radius 1 is 1.35 bits per heavy atom. The van der Waals surface area contributed by atoms with E-state index in [4.69, 9.17) is 9.84 Å². The van der Waals surface area contributed by atoms with Gasteiger partial charge in [-0.05, 0) is 17.5 Å². The van der Waals surface area contributed by atoms with Gasteiger partial charge in [-0.3, -0.25) is 9.59 Å². The van der Waals surface area contributed by atoms with Crippen molar-refractivity contribution in [3.63, 3.8) is 0 Å². The van der Waals surface area contributed by atoms with Crippen LogP contribution < -0.4 is 4.74 Å². The lowest BCUT2D eigenvalue weighted by Crippen LogP contribution is -2.13. The summed E-state index contributed by atoms with van der Waals surface area (Å²) in [7, 11) is 1.45. The predicted octanol–water partition coefficient (Wildman–Crippen LogP) is 2.91. The number of rotatable bonds is 5. The number of ether oxygens (including phenoxy) is 1. The minimum absolute atomic E-state index is 0.0137. The Morgan fingerprint density at radius 2 is 2.05 bits per heavy atom. The number of ketones is 1. The van der Waals surface area contributed by atoms with Crippen LogP contribution in [0.25, 0.3) is 10.1 Å². The third-order valence-corrected chi connectivity index (χ3v) is 4.14. The van der Waals surface area contributed by atoms with Crippen molar-refractivity contribution in [1.82, 2.24) is 0 Å². The summed E-state index contributed by atoms with van der Waals surface area (Å²) < 4.78 is 5.77. The molecule has 0 saturated heterocycles. The Hall–Kier alpha value is -2.08. The fourth-order valence-corrected chi connectivity index (χ4v) is 2.85. The molecule has 1 aromatic heterocycles. The largest absolute Gasteiger partial charge is 0.504 e. The number of phenolic OH excluding ortho intramolecular Hbond substituents is 1. The van der Waals surface area contributed by atoms with E-state index in [0.29, 0.717) is 10.6 Å². The van der Waals surface area contributed by atoms with E-state index in [-0.39, 0.29) is 18.0 Å². The summed E-state index contributed by atoms with van der Waals surface area (Å²) in [4.78, 5) is 23.3. The van der Waals surface area contributed by atoms with Crippen molar-refractivity contribution in [3.05, 3.63) is 23.1 Å². The quantitative estimate of drug-likeness (QED) is 0.828. The van der Waals surface area contributed by atoms with Gasteiger partial charge in [0.2, 0.25) is 0 Å². The van der Waals surface area contributed by atoms with Gasteiger partial charge in [0.15, 0.2) is 17.3 Å². The zero-order valence-electron chi connectivity index (χ0n) is 11.0. The standard InChI is InChI=1S/C14H14O5S/c1-7(14(17)18)3-10(16)13-5-8-4-11(19-2)9(15)6-12(8)20-13/h4-7,15H,3H2,1-2H3,(H,17,18). The van der Waals surface area contributed by atoms with E-state index in [2.05, 4.69) is 0 Å². The molecule has 1 heterocycles. The van der Waals surface area contributed by atoms with Crippen molar-refractivity contribution in [1.29, 1.82) is 0 Å². The number of carbonyl (C=O) groups is 2. The molecule has 0 aliphatic rings. The Balaban J connectivity index is 2.32. The molecule has 0 fully saturated rings. The molecular weight excluding hydrogens is 280 g/mol. The number of carboxylic acid groups (broad SMARTS) is 1. The number of thiophene rings is 1. The van der Waals surface area contributed by atoms with Gasteiger partial charge in [0.1, 0.15) is 0 Å². The molecule has 20 heavy (non-hydrogen) atoms. The Kier molecular flexibility index (Phi) is 3.94. The lowest BCUT2D eigenvalue weighted by atomic mass is 10.0. The molecule has 0 saturated carbocycles. The van der Waals surface area contributed by atoms with Crippen LogP contribution in [0.3, 0.4) is 0 Å². The molecule has 2 aromatic rings. The summed E-state index contributed by atoms with van der Waals surface area (Å²) in [5.74, 6) is -1.55. The van der Waals surface area contributed by atoms with Crippen LogP contribution in [-0.2, 0) is 4.79 Å².